The molecule has 0 unspecified atom stereocenters. The van der Waals surface area contributed by atoms with E-state index in [-0.39, 0.29) is 5.54 Å². The monoisotopic (exact) mass is 272 g/mol. The Hall–Kier alpha value is -1.71. The molecule has 2 aromatic rings. The van der Waals surface area contributed by atoms with Gasteiger partial charge in [-0.3, -0.25) is 0 Å². The van der Waals surface area contributed by atoms with Crippen molar-refractivity contribution in [3.63, 3.8) is 0 Å². The van der Waals surface area contributed by atoms with Crippen molar-refractivity contribution in [2.45, 2.75) is 52.1 Å². The maximum atomic E-state index is 4.71. The first kappa shape index (κ1) is 13.3. The second-order valence-corrected chi connectivity index (χ2v) is 5.79. The van der Waals surface area contributed by atoms with Crippen LogP contribution in [0.1, 0.15) is 38.9 Å². The molecular weight excluding hydrogens is 248 g/mol. The van der Waals surface area contributed by atoms with E-state index in [0.717, 1.165) is 31.6 Å². The number of hydrogen-bond donors (Lipinski definition) is 0. The molecule has 0 fully saturated rings. The van der Waals surface area contributed by atoms with E-state index in [0.29, 0.717) is 0 Å². The SMILES string of the molecule is CCC1(CC)CCn2nc(C)[n+](C)c2-c2cccc[n+]21. The zero-order valence-corrected chi connectivity index (χ0v) is 12.9. The summed E-state index contributed by atoms with van der Waals surface area (Å²) in [4.78, 5) is 0. The Bertz CT molecular complexity index is 638. The van der Waals surface area contributed by atoms with Crippen LogP contribution in [0.15, 0.2) is 24.4 Å². The molecule has 0 amide bonds. The third-order valence-electron chi connectivity index (χ3n) is 5.02. The van der Waals surface area contributed by atoms with Crippen molar-refractivity contribution < 1.29 is 9.13 Å². The summed E-state index contributed by atoms with van der Waals surface area (Å²) in [7, 11) is 2.11. The topological polar surface area (TPSA) is 25.6 Å². The van der Waals surface area contributed by atoms with Crippen LogP contribution in [0.5, 0.6) is 0 Å². The molecule has 0 atom stereocenters. The highest BCUT2D eigenvalue weighted by Crippen LogP contribution is 2.29. The predicted octanol–water partition coefficient (Wildman–Crippen LogP) is 1.89. The van der Waals surface area contributed by atoms with Crippen molar-refractivity contribution in [3.8, 4) is 11.5 Å². The number of aromatic nitrogens is 4. The van der Waals surface area contributed by atoms with E-state index < -0.39 is 0 Å². The second-order valence-electron chi connectivity index (χ2n) is 5.79. The third-order valence-corrected chi connectivity index (χ3v) is 5.02. The summed E-state index contributed by atoms with van der Waals surface area (Å²) in [6.07, 6.45) is 5.67. The molecule has 4 nitrogen and oxygen atoms in total. The largest absolute Gasteiger partial charge is 0.333 e. The zero-order valence-electron chi connectivity index (χ0n) is 12.9. The number of aryl methyl sites for hydroxylation is 2. The van der Waals surface area contributed by atoms with Crippen LogP contribution in [0.3, 0.4) is 0 Å². The number of pyridine rings is 1. The molecule has 0 spiro atoms. The molecule has 4 heteroatoms. The van der Waals surface area contributed by atoms with Crippen molar-refractivity contribution in [1.82, 2.24) is 9.78 Å². The third kappa shape index (κ3) is 1.70. The van der Waals surface area contributed by atoms with E-state index >= 15 is 0 Å². The van der Waals surface area contributed by atoms with Crippen molar-refractivity contribution in [2.24, 2.45) is 7.05 Å². The lowest BCUT2D eigenvalue weighted by atomic mass is 9.88. The van der Waals surface area contributed by atoms with Crippen LogP contribution >= 0.6 is 0 Å². The van der Waals surface area contributed by atoms with E-state index in [9.17, 15) is 0 Å². The fourth-order valence-electron chi connectivity index (χ4n) is 3.49. The Labute approximate surface area is 120 Å². The van der Waals surface area contributed by atoms with Crippen LogP contribution in [0.4, 0.5) is 0 Å². The van der Waals surface area contributed by atoms with Gasteiger partial charge in [0.1, 0.15) is 6.54 Å². The molecule has 3 rings (SSSR count). The highest BCUT2D eigenvalue weighted by Gasteiger charge is 2.45. The quantitative estimate of drug-likeness (QED) is 0.767. The molecule has 106 valence electrons. The molecular formula is C16H24N4+2. The van der Waals surface area contributed by atoms with Crippen LogP contribution < -0.4 is 9.13 Å². The zero-order chi connectivity index (χ0) is 14.3. The lowest BCUT2D eigenvalue weighted by Crippen LogP contribution is -2.57. The van der Waals surface area contributed by atoms with Crippen molar-refractivity contribution in [1.29, 1.82) is 0 Å². The maximum Gasteiger partial charge on any atom is 0.333 e. The van der Waals surface area contributed by atoms with Gasteiger partial charge in [-0.2, -0.15) is 4.57 Å². The molecule has 1 aliphatic rings. The van der Waals surface area contributed by atoms with E-state index in [4.69, 9.17) is 5.10 Å². The molecule has 0 aromatic carbocycles. The van der Waals surface area contributed by atoms with Gasteiger partial charge in [0.25, 0.3) is 11.5 Å². The summed E-state index contributed by atoms with van der Waals surface area (Å²) in [5.74, 6) is 2.28. The molecule has 0 saturated carbocycles. The maximum absolute atomic E-state index is 4.71. The number of nitrogens with zero attached hydrogens (tertiary/aromatic N) is 4. The van der Waals surface area contributed by atoms with Crippen molar-refractivity contribution >= 4 is 0 Å². The Balaban J connectivity index is 2.31. The van der Waals surface area contributed by atoms with Gasteiger partial charge >= 0.3 is 5.82 Å². The lowest BCUT2D eigenvalue weighted by molar-refractivity contribution is -0.763. The van der Waals surface area contributed by atoms with Crippen molar-refractivity contribution in [2.75, 3.05) is 0 Å². The number of hydrogen-bond acceptors (Lipinski definition) is 1. The van der Waals surface area contributed by atoms with Crippen LogP contribution in [0, 0.1) is 6.92 Å². The van der Waals surface area contributed by atoms with Crippen molar-refractivity contribution in [3.05, 3.63) is 30.2 Å². The summed E-state index contributed by atoms with van der Waals surface area (Å²) in [5, 5.41) is 4.71. The first-order valence-electron chi connectivity index (χ1n) is 7.58. The summed E-state index contributed by atoms with van der Waals surface area (Å²) < 4.78 is 6.86. The van der Waals surface area contributed by atoms with Crippen LogP contribution in [-0.2, 0) is 19.1 Å². The number of fused-ring (bicyclic) bond motifs is 3. The van der Waals surface area contributed by atoms with Gasteiger partial charge in [-0.15, -0.1) is 4.68 Å². The Morgan fingerprint density at radius 1 is 1.30 bits per heavy atom. The molecule has 1 aliphatic heterocycles. The molecule has 3 heterocycles. The summed E-state index contributed by atoms with van der Waals surface area (Å²) in [5.41, 5.74) is 1.48. The standard InChI is InChI=1S/C16H24N4/c1-5-16(6-2)10-12-20-15(18(4)13(3)17-20)14-9-7-8-11-19(14)16/h7-9,11H,5-6,10,12H2,1-4H3/q+2. The average molecular weight is 272 g/mol. The highest BCUT2D eigenvalue weighted by atomic mass is 15.4. The minimum Gasteiger partial charge on any atom is -0.226 e. The lowest BCUT2D eigenvalue weighted by Gasteiger charge is -2.24. The van der Waals surface area contributed by atoms with Crippen LogP contribution in [-0.4, -0.2) is 9.78 Å². The Morgan fingerprint density at radius 2 is 2.05 bits per heavy atom. The predicted molar refractivity (Wildman–Crippen MR) is 76.9 cm³/mol. The normalized spacial score (nSPS) is 16.4. The van der Waals surface area contributed by atoms with E-state index in [2.05, 4.69) is 66.0 Å². The first-order valence-corrected chi connectivity index (χ1v) is 7.58. The van der Waals surface area contributed by atoms with Crippen LogP contribution in [0.2, 0.25) is 0 Å². The average Bonchev–Trinajstić information content (AvgIpc) is 2.69. The van der Waals surface area contributed by atoms with Gasteiger partial charge in [0.05, 0.1) is 7.05 Å². The highest BCUT2D eigenvalue weighted by molar-refractivity contribution is 5.41. The second kappa shape index (κ2) is 4.69. The van der Waals surface area contributed by atoms with Gasteiger partial charge in [0.2, 0.25) is 0 Å². The molecule has 0 aliphatic carbocycles. The van der Waals surface area contributed by atoms with E-state index in [1.807, 2.05) is 0 Å². The minimum atomic E-state index is 0.207. The summed E-state index contributed by atoms with van der Waals surface area (Å²) in [6.45, 7) is 7.65. The molecule has 0 N–H and O–H groups in total. The number of rotatable bonds is 2. The van der Waals surface area contributed by atoms with Gasteiger partial charge < -0.3 is 0 Å². The molecule has 20 heavy (non-hydrogen) atoms. The van der Waals surface area contributed by atoms with E-state index in [1.165, 1.54) is 11.5 Å². The summed E-state index contributed by atoms with van der Waals surface area (Å²) in [6, 6.07) is 6.49. The van der Waals surface area contributed by atoms with Gasteiger partial charge in [0.15, 0.2) is 11.7 Å². The smallest absolute Gasteiger partial charge is 0.226 e. The van der Waals surface area contributed by atoms with Gasteiger partial charge in [0, 0.05) is 43.4 Å². The Kier molecular flexibility index (Phi) is 3.11. The van der Waals surface area contributed by atoms with Gasteiger partial charge in [-0.05, 0) is 6.07 Å². The minimum absolute atomic E-state index is 0.207. The van der Waals surface area contributed by atoms with E-state index in [1.54, 1.807) is 0 Å². The molecule has 0 bridgehead atoms. The van der Waals surface area contributed by atoms with Gasteiger partial charge in [-0.25, -0.2) is 4.57 Å². The summed E-state index contributed by atoms with van der Waals surface area (Å²) >= 11 is 0. The fourth-order valence-corrected chi connectivity index (χ4v) is 3.49. The fraction of sp³-hybridized carbons (Fsp3) is 0.562. The molecule has 0 saturated heterocycles. The Morgan fingerprint density at radius 3 is 2.75 bits per heavy atom. The first-order chi connectivity index (χ1) is 9.63. The van der Waals surface area contributed by atoms with Crippen LogP contribution in [0.25, 0.3) is 11.5 Å². The van der Waals surface area contributed by atoms with Gasteiger partial charge in [-0.1, -0.05) is 13.8 Å². The molecule has 0 radical (unpaired) electrons. The molecule has 2 aromatic heterocycles.